The first-order valence-corrected chi connectivity index (χ1v) is 19.0. The van der Waals surface area contributed by atoms with Crippen LogP contribution in [0.15, 0.2) is 176 Å². The van der Waals surface area contributed by atoms with Crippen LogP contribution in [0.2, 0.25) is 0 Å². The molecule has 4 heterocycles. The molecule has 0 radical (unpaired) electrons. The van der Waals surface area contributed by atoms with E-state index in [0.29, 0.717) is 17.5 Å². The quantitative estimate of drug-likeness (QED) is 0.171. The maximum Gasteiger partial charge on any atom is 0.164 e. The molecule has 0 spiro atoms. The third kappa shape index (κ3) is 3.95. The highest BCUT2D eigenvalue weighted by molar-refractivity contribution is 6.38. The van der Waals surface area contributed by atoms with Gasteiger partial charge in [0.25, 0.3) is 0 Å². The van der Waals surface area contributed by atoms with Gasteiger partial charge < -0.3 is 8.97 Å². The van der Waals surface area contributed by atoms with E-state index < -0.39 is 0 Å². The average molecular weight is 712 g/mol. The Kier molecular flexibility index (Phi) is 5.83. The first-order valence-electron chi connectivity index (χ1n) is 19.0. The van der Waals surface area contributed by atoms with E-state index in [2.05, 4.69) is 148 Å². The SMILES string of the molecule is c1ccc(-c2nc(-c3ccccc3)nc(-c3ccc4c5ccc6c7cc(-n8c9ccccc9c9ccccc98)ccc7c7cccc8c7c6c5n8c4c3)n2)cc1. The van der Waals surface area contributed by atoms with Gasteiger partial charge in [-0.25, -0.2) is 15.0 Å². The van der Waals surface area contributed by atoms with Crippen molar-refractivity contribution >= 4 is 81.4 Å². The molecule has 9 aromatic carbocycles. The van der Waals surface area contributed by atoms with Gasteiger partial charge >= 0.3 is 0 Å². The second kappa shape index (κ2) is 11.0. The zero-order valence-corrected chi connectivity index (χ0v) is 30.0. The van der Waals surface area contributed by atoms with E-state index in [9.17, 15) is 0 Å². The molecule has 0 aliphatic carbocycles. The van der Waals surface area contributed by atoms with Crippen molar-refractivity contribution in [3.63, 3.8) is 0 Å². The molecule has 0 aliphatic heterocycles. The number of hydrogen-bond acceptors (Lipinski definition) is 3. The van der Waals surface area contributed by atoms with E-state index in [4.69, 9.17) is 15.0 Å². The monoisotopic (exact) mass is 711 g/mol. The Bertz CT molecular complexity index is 3580. The maximum atomic E-state index is 5.07. The van der Waals surface area contributed by atoms with Gasteiger partial charge in [0.2, 0.25) is 0 Å². The third-order valence-electron chi connectivity index (χ3n) is 11.8. The molecule has 0 aliphatic rings. The minimum absolute atomic E-state index is 0.653. The van der Waals surface area contributed by atoms with Crippen LogP contribution in [-0.4, -0.2) is 23.9 Å². The van der Waals surface area contributed by atoms with E-state index in [0.717, 1.165) is 22.2 Å². The summed E-state index contributed by atoms with van der Waals surface area (Å²) in [6.07, 6.45) is 0. The van der Waals surface area contributed by atoms with Gasteiger partial charge in [-0.2, -0.15) is 0 Å². The van der Waals surface area contributed by atoms with E-state index in [1.807, 2.05) is 36.4 Å². The first-order chi connectivity index (χ1) is 27.8. The molecule has 56 heavy (non-hydrogen) atoms. The maximum absolute atomic E-state index is 5.07. The summed E-state index contributed by atoms with van der Waals surface area (Å²) >= 11 is 0. The van der Waals surface area contributed by atoms with Gasteiger partial charge in [-0.15, -0.1) is 0 Å². The molecular formula is C51H29N5. The number of aromatic nitrogens is 5. The lowest BCUT2D eigenvalue weighted by atomic mass is 9.93. The van der Waals surface area contributed by atoms with Crippen LogP contribution in [0.25, 0.3) is 121 Å². The predicted molar refractivity (Wildman–Crippen MR) is 231 cm³/mol. The number of rotatable bonds is 4. The fourth-order valence-electron chi connectivity index (χ4n) is 9.45. The summed E-state index contributed by atoms with van der Waals surface area (Å²) in [6.45, 7) is 0. The molecule has 0 saturated heterocycles. The number of benzene rings is 9. The Morgan fingerprint density at radius 1 is 0.304 bits per heavy atom. The van der Waals surface area contributed by atoms with Gasteiger partial charge in [0, 0.05) is 54.7 Å². The molecule has 0 atom stereocenters. The molecule has 0 saturated carbocycles. The highest BCUT2D eigenvalue weighted by atomic mass is 15.0. The number of nitrogens with zero attached hydrogens (tertiary/aromatic N) is 5. The van der Waals surface area contributed by atoms with Crippen molar-refractivity contribution in [1.29, 1.82) is 0 Å². The van der Waals surface area contributed by atoms with E-state index in [1.165, 1.54) is 81.6 Å². The van der Waals surface area contributed by atoms with Crippen LogP contribution < -0.4 is 0 Å². The summed E-state index contributed by atoms with van der Waals surface area (Å²) in [5.41, 5.74) is 10.1. The van der Waals surface area contributed by atoms with E-state index >= 15 is 0 Å². The highest BCUT2D eigenvalue weighted by Gasteiger charge is 2.24. The van der Waals surface area contributed by atoms with Crippen LogP contribution in [0.4, 0.5) is 0 Å². The normalized spacial score (nSPS) is 12.3. The van der Waals surface area contributed by atoms with Crippen LogP contribution in [0.5, 0.6) is 0 Å². The third-order valence-corrected chi connectivity index (χ3v) is 11.8. The Hall–Kier alpha value is -7.63. The Labute approximate surface area is 320 Å². The average Bonchev–Trinajstić information content (AvgIpc) is 3.92. The molecule has 13 rings (SSSR count). The second-order valence-electron chi connectivity index (χ2n) is 14.8. The summed E-state index contributed by atoms with van der Waals surface area (Å²) in [5, 5.41) is 12.7. The standard InChI is InChI=1S/C51H29N5/c1-3-12-30(13-4-1)49-52-50(31-14-5-2-6-15-31)54-51(53-49)32-22-24-37-40-27-26-39-41-29-33(55-42-19-9-7-16-35(42)36-17-8-10-20-43(36)55)23-25-34(41)38-18-11-21-44-46(38)47(39)48(40)56(44)45(37)28-32/h1-29H. The fourth-order valence-corrected chi connectivity index (χ4v) is 9.45. The molecule has 258 valence electrons. The van der Waals surface area contributed by atoms with Crippen molar-refractivity contribution in [1.82, 2.24) is 23.9 Å². The number of para-hydroxylation sites is 2. The second-order valence-corrected chi connectivity index (χ2v) is 14.8. The minimum atomic E-state index is 0.653. The zero-order chi connectivity index (χ0) is 36.5. The van der Waals surface area contributed by atoms with Crippen molar-refractivity contribution in [2.24, 2.45) is 0 Å². The van der Waals surface area contributed by atoms with Crippen molar-refractivity contribution in [2.75, 3.05) is 0 Å². The highest BCUT2D eigenvalue weighted by Crippen LogP contribution is 2.48. The lowest BCUT2D eigenvalue weighted by Crippen LogP contribution is -2.00. The van der Waals surface area contributed by atoms with Gasteiger partial charge in [-0.3, -0.25) is 0 Å². The molecular weight excluding hydrogens is 683 g/mol. The lowest BCUT2D eigenvalue weighted by Gasteiger charge is -2.13. The molecule has 5 heteroatoms. The molecule has 0 N–H and O–H groups in total. The molecule has 0 unspecified atom stereocenters. The van der Waals surface area contributed by atoms with Gasteiger partial charge in [0.15, 0.2) is 17.5 Å². The summed E-state index contributed by atoms with van der Waals surface area (Å²) in [7, 11) is 0. The topological polar surface area (TPSA) is 48.0 Å². The lowest BCUT2D eigenvalue weighted by molar-refractivity contribution is 1.07. The smallest absolute Gasteiger partial charge is 0.164 e. The molecule has 4 aromatic heterocycles. The van der Waals surface area contributed by atoms with Crippen molar-refractivity contribution in [2.45, 2.75) is 0 Å². The van der Waals surface area contributed by atoms with Crippen molar-refractivity contribution in [3.8, 4) is 39.9 Å². The van der Waals surface area contributed by atoms with Gasteiger partial charge in [-0.05, 0) is 57.9 Å². The summed E-state index contributed by atoms with van der Waals surface area (Å²) in [4.78, 5) is 15.1. The largest absolute Gasteiger partial charge is 0.309 e. The fraction of sp³-hybridized carbons (Fsp3) is 0. The Balaban J connectivity index is 1.07. The van der Waals surface area contributed by atoms with Crippen molar-refractivity contribution in [3.05, 3.63) is 176 Å². The van der Waals surface area contributed by atoms with Crippen LogP contribution in [0, 0.1) is 0 Å². The van der Waals surface area contributed by atoms with Crippen LogP contribution in [-0.2, 0) is 0 Å². The van der Waals surface area contributed by atoms with E-state index in [-0.39, 0.29) is 0 Å². The Morgan fingerprint density at radius 2 is 0.821 bits per heavy atom. The van der Waals surface area contributed by atoms with Crippen LogP contribution in [0.1, 0.15) is 0 Å². The molecule has 0 amide bonds. The molecule has 13 aromatic rings. The molecule has 0 fully saturated rings. The number of fused-ring (bicyclic) bond motifs is 10. The predicted octanol–water partition coefficient (Wildman–Crippen LogP) is 12.9. The Morgan fingerprint density at radius 3 is 1.52 bits per heavy atom. The van der Waals surface area contributed by atoms with Crippen LogP contribution in [0.3, 0.4) is 0 Å². The summed E-state index contributed by atoms with van der Waals surface area (Å²) in [5.74, 6) is 1.97. The molecule has 0 bridgehead atoms. The number of hydrogen-bond donors (Lipinski definition) is 0. The van der Waals surface area contributed by atoms with Gasteiger partial charge in [0.05, 0.1) is 27.6 Å². The minimum Gasteiger partial charge on any atom is -0.309 e. The van der Waals surface area contributed by atoms with Gasteiger partial charge in [-0.1, -0.05) is 140 Å². The van der Waals surface area contributed by atoms with Crippen LogP contribution >= 0.6 is 0 Å². The van der Waals surface area contributed by atoms with E-state index in [1.54, 1.807) is 0 Å². The first kappa shape index (κ1) is 29.8. The van der Waals surface area contributed by atoms with Crippen molar-refractivity contribution < 1.29 is 0 Å². The summed E-state index contributed by atoms with van der Waals surface area (Å²) in [6, 6.07) is 62.9. The zero-order valence-electron chi connectivity index (χ0n) is 30.0. The summed E-state index contributed by atoms with van der Waals surface area (Å²) < 4.78 is 4.89. The van der Waals surface area contributed by atoms with Gasteiger partial charge in [0.1, 0.15) is 0 Å². The molecule has 5 nitrogen and oxygen atoms in total.